The molecular weight excluding hydrogens is 214 g/mol. The van der Waals surface area contributed by atoms with Crippen LogP contribution >= 0.6 is 0 Å². The fourth-order valence-corrected chi connectivity index (χ4v) is 1.77. The van der Waals surface area contributed by atoms with Crippen molar-refractivity contribution in [2.75, 3.05) is 14.1 Å². The summed E-state index contributed by atoms with van der Waals surface area (Å²) in [5.74, 6) is 0.00167. The van der Waals surface area contributed by atoms with Crippen LogP contribution in [0.2, 0.25) is 0 Å². The SMILES string of the molecule is CN(C)C(=O)c1ccccc1-c1ccnn1C. The zero-order chi connectivity index (χ0) is 12.4. The Kier molecular flexibility index (Phi) is 2.95. The zero-order valence-electron chi connectivity index (χ0n) is 10.2. The number of aryl methyl sites for hydroxylation is 1. The van der Waals surface area contributed by atoms with Gasteiger partial charge >= 0.3 is 0 Å². The molecule has 0 bridgehead atoms. The number of hydrogen-bond acceptors (Lipinski definition) is 2. The fraction of sp³-hybridized carbons (Fsp3) is 0.231. The van der Waals surface area contributed by atoms with Gasteiger partial charge in [-0.25, -0.2) is 0 Å². The Morgan fingerprint density at radius 1 is 1.24 bits per heavy atom. The van der Waals surface area contributed by atoms with Crippen LogP contribution in [0.1, 0.15) is 10.4 Å². The molecule has 2 aromatic rings. The lowest BCUT2D eigenvalue weighted by atomic mass is 10.0. The first-order chi connectivity index (χ1) is 8.11. The minimum absolute atomic E-state index is 0.00167. The zero-order valence-corrected chi connectivity index (χ0v) is 10.2. The molecule has 0 fully saturated rings. The van der Waals surface area contributed by atoms with Crippen molar-refractivity contribution < 1.29 is 4.79 Å². The number of amides is 1. The van der Waals surface area contributed by atoms with Gasteiger partial charge in [0.15, 0.2) is 0 Å². The molecule has 0 radical (unpaired) electrons. The Morgan fingerprint density at radius 3 is 2.53 bits per heavy atom. The first kappa shape index (κ1) is 11.4. The van der Waals surface area contributed by atoms with Crippen molar-refractivity contribution in [2.45, 2.75) is 0 Å². The van der Waals surface area contributed by atoms with Crippen LogP contribution in [0.15, 0.2) is 36.5 Å². The Morgan fingerprint density at radius 2 is 1.94 bits per heavy atom. The lowest BCUT2D eigenvalue weighted by Gasteiger charge is -2.14. The summed E-state index contributed by atoms with van der Waals surface area (Å²) < 4.78 is 1.77. The molecule has 1 aromatic heterocycles. The number of nitrogens with zero attached hydrogens (tertiary/aromatic N) is 3. The Balaban J connectivity index is 2.56. The molecule has 0 aliphatic carbocycles. The molecule has 4 heteroatoms. The average molecular weight is 229 g/mol. The molecule has 2 rings (SSSR count). The predicted molar refractivity (Wildman–Crippen MR) is 66.7 cm³/mol. The minimum Gasteiger partial charge on any atom is -0.345 e. The van der Waals surface area contributed by atoms with Gasteiger partial charge in [0.05, 0.1) is 5.69 Å². The van der Waals surface area contributed by atoms with Gasteiger partial charge in [-0.1, -0.05) is 18.2 Å². The number of benzene rings is 1. The number of hydrogen-bond donors (Lipinski definition) is 0. The minimum atomic E-state index is 0.00167. The Bertz CT molecular complexity index is 543. The second kappa shape index (κ2) is 4.41. The van der Waals surface area contributed by atoms with E-state index >= 15 is 0 Å². The Hall–Kier alpha value is -2.10. The quantitative estimate of drug-likeness (QED) is 0.787. The van der Waals surface area contributed by atoms with Crippen molar-refractivity contribution >= 4 is 5.91 Å². The maximum Gasteiger partial charge on any atom is 0.254 e. The van der Waals surface area contributed by atoms with Crippen molar-refractivity contribution in [2.24, 2.45) is 7.05 Å². The lowest BCUT2D eigenvalue weighted by molar-refractivity contribution is 0.0828. The van der Waals surface area contributed by atoms with E-state index in [9.17, 15) is 4.79 Å². The molecule has 17 heavy (non-hydrogen) atoms. The van der Waals surface area contributed by atoms with Gasteiger partial charge in [0, 0.05) is 38.5 Å². The smallest absolute Gasteiger partial charge is 0.254 e. The molecule has 88 valence electrons. The molecule has 0 aliphatic rings. The van der Waals surface area contributed by atoms with Crippen LogP contribution in [0.25, 0.3) is 11.3 Å². The van der Waals surface area contributed by atoms with E-state index in [0.29, 0.717) is 5.56 Å². The van der Waals surface area contributed by atoms with Crippen LogP contribution in [0, 0.1) is 0 Å². The molecule has 0 saturated carbocycles. The van der Waals surface area contributed by atoms with E-state index in [4.69, 9.17) is 0 Å². The molecule has 0 spiro atoms. The van der Waals surface area contributed by atoms with E-state index < -0.39 is 0 Å². The molecule has 0 aliphatic heterocycles. The molecule has 4 nitrogen and oxygen atoms in total. The second-order valence-electron chi connectivity index (χ2n) is 4.09. The molecule has 0 atom stereocenters. The summed E-state index contributed by atoms with van der Waals surface area (Å²) in [6.45, 7) is 0. The normalized spacial score (nSPS) is 10.3. The molecule has 0 saturated heterocycles. The maximum atomic E-state index is 12.1. The van der Waals surface area contributed by atoms with Crippen LogP contribution in [-0.2, 0) is 7.05 Å². The van der Waals surface area contributed by atoms with Crippen LogP contribution in [0.3, 0.4) is 0 Å². The van der Waals surface area contributed by atoms with Gasteiger partial charge in [-0.05, 0) is 12.1 Å². The number of aromatic nitrogens is 2. The highest BCUT2D eigenvalue weighted by molar-refractivity contribution is 6.00. The molecule has 0 N–H and O–H groups in total. The fourth-order valence-electron chi connectivity index (χ4n) is 1.77. The molecular formula is C13H15N3O. The van der Waals surface area contributed by atoms with E-state index in [-0.39, 0.29) is 5.91 Å². The average Bonchev–Trinajstić information content (AvgIpc) is 2.74. The van der Waals surface area contributed by atoms with Gasteiger partial charge in [-0.2, -0.15) is 5.10 Å². The third-order valence-corrected chi connectivity index (χ3v) is 2.66. The maximum absolute atomic E-state index is 12.1. The van der Waals surface area contributed by atoms with E-state index in [1.807, 2.05) is 37.4 Å². The summed E-state index contributed by atoms with van der Waals surface area (Å²) in [6.07, 6.45) is 1.73. The number of carbonyl (C=O) groups is 1. The van der Waals surface area contributed by atoms with Crippen molar-refractivity contribution in [1.29, 1.82) is 0 Å². The molecule has 1 amide bonds. The summed E-state index contributed by atoms with van der Waals surface area (Å²) in [5, 5.41) is 4.13. The Labute approximate surface area is 100 Å². The van der Waals surface area contributed by atoms with E-state index in [1.165, 1.54) is 0 Å². The third-order valence-electron chi connectivity index (χ3n) is 2.66. The first-order valence-electron chi connectivity index (χ1n) is 5.40. The highest BCUT2D eigenvalue weighted by atomic mass is 16.2. The standard InChI is InChI=1S/C13H15N3O/c1-15(2)13(17)11-7-5-4-6-10(11)12-8-9-14-16(12)3/h4-9H,1-3H3. The van der Waals surface area contributed by atoms with Crippen LogP contribution < -0.4 is 0 Å². The highest BCUT2D eigenvalue weighted by Crippen LogP contribution is 2.23. The third kappa shape index (κ3) is 2.06. The van der Waals surface area contributed by atoms with Gasteiger partial charge in [-0.15, -0.1) is 0 Å². The molecule has 1 heterocycles. The lowest BCUT2D eigenvalue weighted by Crippen LogP contribution is -2.22. The van der Waals surface area contributed by atoms with E-state index in [0.717, 1.165) is 11.3 Å². The summed E-state index contributed by atoms with van der Waals surface area (Å²) >= 11 is 0. The van der Waals surface area contributed by atoms with Gasteiger partial charge in [0.2, 0.25) is 0 Å². The summed E-state index contributed by atoms with van der Waals surface area (Å²) in [5.41, 5.74) is 2.54. The van der Waals surface area contributed by atoms with Crippen molar-refractivity contribution in [1.82, 2.24) is 14.7 Å². The van der Waals surface area contributed by atoms with Crippen LogP contribution in [0.5, 0.6) is 0 Å². The summed E-state index contributed by atoms with van der Waals surface area (Å²) in [7, 11) is 5.37. The number of carbonyl (C=O) groups excluding carboxylic acids is 1. The summed E-state index contributed by atoms with van der Waals surface area (Å²) in [4.78, 5) is 13.6. The topological polar surface area (TPSA) is 38.1 Å². The van der Waals surface area contributed by atoms with E-state index in [1.54, 1.807) is 29.9 Å². The molecule has 0 unspecified atom stereocenters. The monoisotopic (exact) mass is 229 g/mol. The summed E-state index contributed by atoms with van der Waals surface area (Å²) in [6, 6.07) is 9.48. The van der Waals surface area contributed by atoms with Crippen molar-refractivity contribution in [3.8, 4) is 11.3 Å². The van der Waals surface area contributed by atoms with Crippen molar-refractivity contribution in [3.05, 3.63) is 42.1 Å². The van der Waals surface area contributed by atoms with Crippen molar-refractivity contribution in [3.63, 3.8) is 0 Å². The van der Waals surface area contributed by atoms with Gasteiger partial charge in [-0.3, -0.25) is 9.48 Å². The van der Waals surface area contributed by atoms with Gasteiger partial charge in [0.25, 0.3) is 5.91 Å². The van der Waals surface area contributed by atoms with Crippen LogP contribution in [-0.4, -0.2) is 34.7 Å². The highest BCUT2D eigenvalue weighted by Gasteiger charge is 2.15. The van der Waals surface area contributed by atoms with Crippen LogP contribution in [0.4, 0.5) is 0 Å². The number of rotatable bonds is 2. The van der Waals surface area contributed by atoms with E-state index in [2.05, 4.69) is 5.10 Å². The predicted octanol–water partition coefficient (Wildman–Crippen LogP) is 1.79. The molecule has 1 aromatic carbocycles. The largest absolute Gasteiger partial charge is 0.345 e. The second-order valence-corrected chi connectivity index (χ2v) is 4.09. The first-order valence-corrected chi connectivity index (χ1v) is 5.40. The van der Waals surface area contributed by atoms with Gasteiger partial charge < -0.3 is 4.90 Å². The van der Waals surface area contributed by atoms with Gasteiger partial charge in [0.1, 0.15) is 0 Å².